The number of benzene rings is 2. The van der Waals surface area contributed by atoms with Crippen molar-refractivity contribution < 1.29 is 9.90 Å². The minimum absolute atomic E-state index is 0.466. The van der Waals surface area contributed by atoms with Crippen molar-refractivity contribution in [2.24, 2.45) is 5.73 Å². The van der Waals surface area contributed by atoms with Crippen molar-refractivity contribution in [1.82, 2.24) is 0 Å². The number of carboxylic acid groups (broad SMARTS) is 1. The van der Waals surface area contributed by atoms with Gasteiger partial charge in [-0.25, -0.2) is 0 Å². The van der Waals surface area contributed by atoms with Gasteiger partial charge in [0, 0.05) is 0 Å². The van der Waals surface area contributed by atoms with Crippen molar-refractivity contribution in [3.63, 3.8) is 0 Å². The Morgan fingerprint density at radius 2 is 1.88 bits per heavy atom. The highest BCUT2D eigenvalue weighted by atomic mass is 16.4. The first-order chi connectivity index (χ1) is 8.16. The van der Waals surface area contributed by atoms with Gasteiger partial charge in [0.2, 0.25) is 0 Å². The third-order valence-electron chi connectivity index (χ3n) is 2.88. The molecule has 0 radical (unpaired) electrons. The lowest BCUT2D eigenvalue weighted by Gasteiger charge is -2.07. The number of carboxylic acids is 1. The van der Waals surface area contributed by atoms with Crippen LogP contribution in [0.1, 0.15) is 12.0 Å². The molecule has 88 valence electrons. The van der Waals surface area contributed by atoms with Crippen molar-refractivity contribution in [3.8, 4) is 0 Å². The fourth-order valence-corrected chi connectivity index (χ4v) is 1.84. The van der Waals surface area contributed by atoms with Gasteiger partial charge in [-0.1, -0.05) is 42.5 Å². The van der Waals surface area contributed by atoms with E-state index in [1.165, 1.54) is 10.8 Å². The summed E-state index contributed by atoms with van der Waals surface area (Å²) in [5.41, 5.74) is 6.60. The molecule has 0 heterocycles. The Morgan fingerprint density at radius 1 is 1.18 bits per heavy atom. The molecule has 0 aliphatic heterocycles. The van der Waals surface area contributed by atoms with Crippen molar-refractivity contribution >= 4 is 16.7 Å². The van der Waals surface area contributed by atoms with Crippen LogP contribution in [0.5, 0.6) is 0 Å². The Labute approximate surface area is 99.9 Å². The highest BCUT2D eigenvalue weighted by Crippen LogP contribution is 2.16. The van der Waals surface area contributed by atoms with E-state index in [2.05, 4.69) is 24.3 Å². The van der Waals surface area contributed by atoms with Gasteiger partial charge in [-0.2, -0.15) is 0 Å². The summed E-state index contributed by atoms with van der Waals surface area (Å²) in [5, 5.41) is 11.1. The molecule has 2 aromatic carbocycles. The molecule has 0 unspecified atom stereocenters. The average Bonchev–Trinajstić information content (AvgIpc) is 2.35. The van der Waals surface area contributed by atoms with Gasteiger partial charge in [0.05, 0.1) is 0 Å². The number of carbonyl (C=O) groups is 1. The fraction of sp³-hybridized carbons (Fsp3) is 0.214. The highest BCUT2D eigenvalue weighted by molar-refractivity contribution is 5.83. The van der Waals surface area contributed by atoms with Crippen LogP contribution in [0, 0.1) is 0 Å². The molecule has 0 spiro atoms. The molecule has 0 fully saturated rings. The molecular formula is C14H15NO2. The van der Waals surface area contributed by atoms with Gasteiger partial charge in [0.25, 0.3) is 0 Å². The van der Waals surface area contributed by atoms with Gasteiger partial charge < -0.3 is 10.8 Å². The van der Waals surface area contributed by atoms with E-state index >= 15 is 0 Å². The molecule has 0 aliphatic rings. The van der Waals surface area contributed by atoms with Gasteiger partial charge in [-0.3, -0.25) is 4.79 Å². The van der Waals surface area contributed by atoms with E-state index in [1.807, 2.05) is 18.2 Å². The van der Waals surface area contributed by atoms with Crippen molar-refractivity contribution in [2.45, 2.75) is 18.9 Å². The Morgan fingerprint density at radius 3 is 2.59 bits per heavy atom. The van der Waals surface area contributed by atoms with Gasteiger partial charge in [0.15, 0.2) is 0 Å². The summed E-state index contributed by atoms with van der Waals surface area (Å²) in [5.74, 6) is -0.939. The molecule has 0 saturated heterocycles. The lowest BCUT2D eigenvalue weighted by atomic mass is 10.0. The zero-order chi connectivity index (χ0) is 12.3. The van der Waals surface area contributed by atoms with E-state index in [0.717, 1.165) is 5.56 Å². The standard InChI is InChI=1S/C14H15NO2/c15-13(14(16)17)8-6-10-5-7-11-3-1-2-4-12(11)9-10/h1-5,7,9,13H,6,8,15H2,(H,16,17)/t13-/m1/s1. The molecule has 0 saturated carbocycles. The van der Waals surface area contributed by atoms with E-state index in [4.69, 9.17) is 10.8 Å². The van der Waals surface area contributed by atoms with Crippen LogP contribution in [0.4, 0.5) is 0 Å². The summed E-state index contributed by atoms with van der Waals surface area (Å²) in [6, 6.07) is 13.5. The van der Waals surface area contributed by atoms with Crippen LogP contribution in [0.15, 0.2) is 42.5 Å². The molecular weight excluding hydrogens is 214 g/mol. The molecule has 17 heavy (non-hydrogen) atoms. The smallest absolute Gasteiger partial charge is 0.320 e. The van der Waals surface area contributed by atoms with Crippen LogP contribution in [0.2, 0.25) is 0 Å². The lowest BCUT2D eigenvalue weighted by Crippen LogP contribution is -2.30. The SMILES string of the molecule is N[C@H](CCc1ccc2ccccc2c1)C(=O)O. The van der Waals surface area contributed by atoms with Crippen LogP contribution in [-0.2, 0) is 11.2 Å². The predicted molar refractivity (Wildman–Crippen MR) is 67.9 cm³/mol. The maximum atomic E-state index is 10.6. The third kappa shape index (κ3) is 2.82. The summed E-state index contributed by atoms with van der Waals surface area (Å²) in [4.78, 5) is 10.6. The third-order valence-corrected chi connectivity index (χ3v) is 2.88. The van der Waals surface area contributed by atoms with Gasteiger partial charge >= 0.3 is 5.97 Å². The normalized spacial score (nSPS) is 12.5. The van der Waals surface area contributed by atoms with Gasteiger partial charge in [-0.15, -0.1) is 0 Å². The molecule has 0 amide bonds. The number of aliphatic carboxylic acids is 1. The summed E-state index contributed by atoms with van der Waals surface area (Å²) in [7, 11) is 0. The number of aryl methyl sites for hydroxylation is 1. The van der Waals surface area contributed by atoms with E-state index in [9.17, 15) is 4.79 Å². The summed E-state index contributed by atoms with van der Waals surface area (Å²) in [6.07, 6.45) is 1.16. The molecule has 3 heteroatoms. The largest absolute Gasteiger partial charge is 0.480 e. The fourth-order valence-electron chi connectivity index (χ4n) is 1.84. The van der Waals surface area contributed by atoms with E-state index in [0.29, 0.717) is 12.8 Å². The van der Waals surface area contributed by atoms with Crippen molar-refractivity contribution in [1.29, 1.82) is 0 Å². The van der Waals surface area contributed by atoms with Crippen LogP contribution >= 0.6 is 0 Å². The number of hydrogen-bond acceptors (Lipinski definition) is 2. The monoisotopic (exact) mass is 229 g/mol. The van der Waals surface area contributed by atoms with Gasteiger partial charge in [0.1, 0.15) is 6.04 Å². The van der Waals surface area contributed by atoms with E-state index in [-0.39, 0.29) is 0 Å². The number of hydrogen-bond donors (Lipinski definition) is 2. The number of fused-ring (bicyclic) bond motifs is 1. The maximum Gasteiger partial charge on any atom is 0.320 e. The Bertz CT molecular complexity index is 536. The first-order valence-corrected chi connectivity index (χ1v) is 5.63. The van der Waals surface area contributed by atoms with E-state index in [1.54, 1.807) is 0 Å². The first kappa shape index (κ1) is 11.6. The molecule has 0 bridgehead atoms. The second-order valence-electron chi connectivity index (χ2n) is 4.16. The van der Waals surface area contributed by atoms with Crippen LogP contribution in [0.25, 0.3) is 10.8 Å². The molecule has 3 nitrogen and oxygen atoms in total. The minimum Gasteiger partial charge on any atom is -0.480 e. The second-order valence-corrected chi connectivity index (χ2v) is 4.16. The average molecular weight is 229 g/mol. The Hall–Kier alpha value is -1.87. The molecule has 2 aromatic rings. The van der Waals surface area contributed by atoms with Crippen LogP contribution in [-0.4, -0.2) is 17.1 Å². The number of nitrogens with two attached hydrogens (primary N) is 1. The lowest BCUT2D eigenvalue weighted by molar-refractivity contribution is -0.138. The van der Waals surface area contributed by atoms with Crippen LogP contribution in [0.3, 0.4) is 0 Å². The summed E-state index contributed by atoms with van der Waals surface area (Å²) < 4.78 is 0. The Kier molecular flexibility index (Phi) is 3.40. The molecule has 1 atom stereocenters. The molecule has 2 rings (SSSR count). The topological polar surface area (TPSA) is 63.3 Å². The highest BCUT2D eigenvalue weighted by Gasteiger charge is 2.10. The molecule has 0 aliphatic carbocycles. The van der Waals surface area contributed by atoms with Crippen molar-refractivity contribution in [3.05, 3.63) is 48.0 Å². The molecule has 0 aromatic heterocycles. The van der Waals surface area contributed by atoms with E-state index < -0.39 is 12.0 Å². The quantitative estimate of drug-likeness (QED) is 0.844. The molecule has 3 N–H and O–H groups in total. The zero-order valence-corrected chi connectivity index (χ0v) is 9.47. The van der Waals surface area contributed by atoms with Crippen molar-refractivity contribution in [2.75, 3.05) is 0 Å². The predicted octanol–water partition coefficient (Wildman–Crippen LogP) is 2.18. The second kappa shape index (κ2) is 4.97. The maximum absolute atomic E-state index is 10.6. The van der Waals surface area contributed by atoms with Crippen LogP contribution < -0.4 is 5.73 Å². The van der Waals surface area contributed by atoms with Gasteiger partial charge in [-0.05, 0) is 29.2 Å². The Balaban J connectivity index is 2.12. The summed E-state index contributed by atoms with van der Waals surface area (Å²) in [6.45, 7) is 0. The first-order valence-electron chi connectivity index (χ1n) is 5.63. The minimum atomic E-state index is -0.939. The summed E-state index contributed by atoms with van der Waals surface area (Å²) >= 11 is 0. The zero-order valence-electron chi connectivity index (χ0n) is 9.47. The number of rotatable bonds is 4.